The van der Waals surface area contributed by atoms with Gasteiger partial charge >= 0.3 is 11.9 Å². The van der Waals surface area contributed by atoms with Crippen LogP contribution in [0.5, 0.6) is 0 Å². The minimum absolute atomic E-state index is 0.108. The van der Waals surface area contributed by atoms with Crippen molar-refractivity contribution in [2.45, 2.75) is 91.1 Å². The van der Waals surface area contributed by atoms with Crippen molar-refractivity contribution in [1.82, 2.24) is 9.47 Å². The van der Waals surface area contributed by atoms with Gasteiger partial charge in [-0.1, -0.05) is 70.7 Å². The first-order chi connectivity index (χ1) is 21.5. The number of carboxylic acid groups (broad SMARTS) is 1. The standard InChI is InChI=1S/C36H48F2N2O5Si/c1-36(2,3)35(40(32(41)17-18-33(42)43)19-11-10-14-34(44)45-20-21-46(4,5)6)31-22-27(29-23-28(37)15-16-30(29)38)25-39(31)24-26-12-8-7-9-13-26/h7-9,12-13,15-16,22-23,25,35H,10-11,14,17-21,24H2,1-6H3,(H,42,43)/t35-/m0/s1. The molecule has 0 spiro atoms. The van der Waals surface area contributed by atoms with Gasteiger partial charge in [0.2, 0.25) is 5.91 Å². The first-order valence-corrected chi connectivity index (χ1v) is 19.6. The van der Waals surface area contributed by atoms with E-state index < -0.39 is 37.1 Å². The third-order valence-electron chi connectivity index (χ3n) is 7.80. The average Bonchev–Trinajstić information content (AvgIpc) is 3.36. The number of esters is 1. The van der Waals surface area contributed by atoms with Crippen LogP contribution in [0.25, 0.3) is 11.1 Å². The lowest BCUT2D eigenvalue weighted by Gasteiger charge is -2.41. The molecule has 0 aliphatic carbocycles. The van der Waals surface area contributed by atoms with E-state index in [9.17, 15) is 28.3 Å². The highest BCUT2D eigenvalue weighted by Crippen LogP contribution is 2.41. The zero-order valence-electron chi connectivity index (χ0n) is 27.9. The van der Waals surface area contributed by atoms with Crippen LogP contribution in [0, 0.1) is 17.0 Å². The Morgan fingerprint density at radius 2 is 1.65 bits per heavy atom. The van der Waals surface area contributed by atoms with E-state index in [2.05, 4.69) is 19.6 Å². The normalized spacial score (nSPS) is 12.5. The Hall–Kier alpha value is -3.79. The Morgan fingerprint density at radius 3 is 2.28 bits per heavy atom. The summed E-state index contributed by atoms with van der Waals surface area (Å²) in [6, 6.07) is 15.2. The predicted molar refractivity (Wildman–Crippen MR) is 179 cm³/mol. The molecule has 0 saturated heterocycles. The van der Waals surface area contributed by atoms with Crippen molar-refractivity contribution in [3.05, 3.63) is 83.7 Å². The molecule has 250 valence electrons. The van der Waals surface area contributed by atoms with Gasteiger partial charge in [0.1, 0.15) is 11.6 Å². The van der Waals surface area contributed by atoms with Crippen molar-refractivity contribution in [3.63, 3.8) is 0 Å². The van der Waals surface area contributed by atoms with Gasteiger partial charge in [-0.15, -0.1) is 0 Å². The van der Waals surface area contributed by atoms with E-state index in [4.69, 9.17) is 4.74 Å². The fourth-order valence-corrected chi connectivity index (χ4v) is 6.18. The fourth-order valence-electron chi connectivity index (χ4n) is 5.46. The monoisotopic (exact) mass is 654 g/mol. The predicted octanol–water partition coefficient (Wildman–Crippen LogP) is 8.31. The van der Waals surface area contributed by atoms with Crippen LogP contribution >= 0.6 is 0 Å². The summed E-state index contributed by atoms with van der Waals surface area (Å²) >= 11 is 0. The molecule has 3 aromatic rings. The van der Waals surface area contributed by atoms with E-state index in [0.29, 0.717) is 37.3 Å². The van der Waals surface area contributed by atoms with Gasteiger partial charge in [0, 0.05) is 57.0 Å². The maximum absolute atomic E-state index is 15.0. The van der Waals surface area contributed by atoms with Crippen LogP contribution in [0.4, 0.5) is 8.78 Å². The maximum atomic E-state index is 15.0. The van der Waals surface area contributed by atoms with Gasteiger partial charge in [0.25, 0.3) is 0 Å². The number of benzene rings is 2. The molecule has 1 aromatic heterocycles. The topological polar surface area (TPSA) is 88.8 Å². The summed E-state index contributed by atoms with van der Waals surface area (Å²) in [5.41, 5.74) is 1.73. The van der Waals surface area contributed by atoms with E-state index in [1.165, 1.54) is 0 Å². The molecule has 0 radical (unpaired) electrons. The van der Waals surface area contributed by atoms with Crippen LogP contribution in [0.1, 0.15) is 70.2 Å². The third-order valence-corrected chi connectivity index (χ3v) is 9.50. The van der Waals surface area contributed by atoms with Crippen LogP contribution in [0.3, 0.4) is 0 Å². The number of hydrogen-bond donors (Lipinski definition) is 1. The number of amides is 1. The molecule has 46 heavy (non-hydrogen) atoms. The molecule has 10 heteroatoms. The zero-order chi connectivity index (χ0) is 34.1. The van der Waals surface area contributed by atoms with Gasteiger partial charge in [-0.2, -0.15) is 0 Å². The molecule has 0 fully saturated rings. The SMILES string of the molecule is CC(C)(C)[C@H](c1cc(-c2cc(F)ccc2F)cn1Cc1ccccc1)N(CCCCC(=O)OCC[Si](C)(C)C)C(=O)CCC(=O)O. The summed E-state index contributed by atoms with van der Waals surface area (Å²) in [7, 11) is -1.33. The molecule has 1 heterocycles. The Morgan fingerprint density at radius 1 is 0.957 bits per heavy atom. The van der Waals surface area contributed by atoms with Gasteiger partial charge in [0.05, 0.1) is 19.1 Å². The van der Waals surface area contributed by atoms with Crippen molar-refractivity contribution < 1.29 is 33.0 Å². The number of rotatable bonds is 16. The number of aromatic nitrogens is 1. The molecule has 1 atom stereocenters. The first kappa shape index (κ1) is 36.7. The number of carboxylic acids is 1. The second kappa shape index (κ2) is 16.2. The van der Waals surface area contributed by atoms with E-state index in [0.717, 1.165) is 29.8 Å². The van der Waals surface area contributed by atoms with Gasteiger partial charge < -0.3 is 19.3 Å². The Balaban J connectivity index is 1.98. The molecular weight excluding hydrogens is 606 g/mol. The van der Waals surface area contributed by atoms with Gasteiger partial charge in [-0.05, 0) is 54.1 Å². The average molecular weight is 655 g/mol. The summed E-state index contributed by atoms with van der Waals surface area (Å²) in [6.45, 7) is 13.7. The molecular formula is C36H48F2N2O5Si. The molecule has 0 unspecified atom stereocenters. The van der Waals surface area contributed by atoms with Crippen LogP contribution in [-0.2, 0) is 25.7 Å². The third kappa shape index (κ3) is 11.2. The second-order valence-electron chi connectivity index (χ2n) is 14.1. The minimum Gasteiger partial charge on any atom is -0.481 e. The number of ether oxygens (including phenoxy) is 1. The Kier molecular flexibility index (Phi) is 12.9. The number of unbranched alkanes of at least 4 members (excludes halogenated alkanes) is 1. The van der Waals surface area contributed by atoms with Crippen molar-refractivity contribution >= 4 is 25.9 Å². The lowest BCUT2D eigenvalue weighted by atomic mass is 9.82. The quantitative estimate of drug-likeness (QED) is 0.0954. The number of halogens is 2. The van der Waals surface area contributed by atoms with Crippen molar-refractivity contribution in [2.24, 2.45) is 5.41 Å². The molecule has 1 N–H and O–H groups in total. The molecule has 0 aliphatic rings. The van der Waals surface area contributed by atoms with Crippen LogP contribution in [0.15, 0.2) is 60.8 Å². The van der Waals surface area contributed by atoms with Crippen LogP contribution < -0.4 is 0 Å². The summed E-state index contributed by atoms with van der Waals surface area (Å²) in [5, 5.41) is 9.35. The Labute approximate surface area is 272 Å². The second-order valence-corrected chi connectivity index (χ2v) is 19.8. The molecule has 0 aliphatic heterocycles. The molecule has 0 bridgehead atoms. The lowest BCUT2D eigenvalue weighted by Crippen LogP contribution is -2.43. The van der Waals surface area contributed by atoms with Crippen LogP contribution in [0.2, 0.25) is 25.7 Å². The summed E-state index contributed by atoms with van der Waals surface area (Å²) in [5.74, 6) is -2.80. The molecule has 0 saturated carbocycles. The highest BCUT2D eigenvalue weighted by molar-refractivity contribution is 6.76. The lowest BCUT2D eigenvalue weighted by molar-refractivity contribution is -0.144. The van der Waals surface area contributed by atoms with Gasteiger partial charge in [-0.25, -0.2) is 8.78 Å². The highest BCUT2D eigenvalue weighted by Gasteiger charge is 2.37. The van der Waals surface area contributed by atoms with Crippen LogP contribution in [-0.4, -0.2) is 53.6 Å². The number of carbonyl (C=O) groups excluding carboxylic acids is 2. The number of aliphatic carboxylic acids is 1. The largest absolute Gasteiger partial charge is 0.481 e. The number of carbonyl (C=O) groups is 3. The minimum atomic E-state index is -1.33. The van der Waals surface area contributed by atoms with E-state index in [1.54, 1.807) is 17.2 Å². The summed E-state index contributed by atoms with van der Waals surface area (Å²) < 4.78 is 36.6. The first-order valence-electron chi connectivity index (χ1n) is 15.9. The van der Waals surface area contributed by atoms with Gasteiger partial charge in [0.15, 0.2) is 0 Å². The number of nitrogens with zero attached hydrogens (tertiary/aromatic N) is 2. The van der Waals surface area contributed by atoms with E-state index in [-0.39, 0.29) is 43.2 Å². The van der Waals surface area contributed by atoms with E-state index in [1.807, 2.05) is 55.7 Å². The molecule has 7 nitrogen and oxygen atoms in total. The highest BCUT2D eigenvalue weighted by atomic mass is 28.3. The van der Waals surface area contributed by atoms with Crippen molar-refractivity contribution in [3.8, 4) is 11.1 Å². The Bertz CT molecular complexity index is 1480. The summed E-state index contributed by atoms with van der Waals surface area (Å²) in [4.78, 5) is 39.3. The zero-order valence-corrected chi connectivity index (χ0v) is 28.9. The van der Waals surface area contributed by atoms with Crippen molar-refractivity contribution in [1.29, 1.82) is 0 Å². The molecule has 2 aromatic carbocycles. The smallest absolute Gasteiger partial charge is 0.305 e. The van der Waals surface area contributed by atoms with E-state index >= 15 is 0 Å². The molecule has 1 amide bonds. The summed E-state index contributed by atoms with van der Waals surface area (Å²) in [6.07, 6.45) is 2.48. The number of hydrogen-bond acceptors (Lipinski definition) is 4. The maximum Gasteiger partial charge on any atom is 0.305 e. The molecule has 3 rings (SSSR count). The van der Waals surface area contributed by atoms with Gasteiger partial charge in [-0.3, -0.25) is 14.4 Å². The fraction of sp³-hybridized carbons (Fsp3) is 0.472. The van der Waals surface area contributed by atoms with Crippen molar-refractivity contribution in [2.75, 3.05) is 13.2 Å².